The van der Waals surface area contributed by atoms with Gasteiger partial charge in [-0.15, -0.1) is 0 Å². The Bertz CT molecular complexity index is 621. The fourth-order valence-corrected chi connectivity index (χ4v) is 1.71. The van der Waals surface area contributed by atoms with E-state index < -0.39 is 17.5 Å². The Morgan fingerprint density at radius 1 is 1.11 bits per heavy atom. The highest BCUT2D eigenvalue weighted by molar-refractivity contribution is 6.08. The first-order valence-corrected chi connectivity index (χ1v) is 5.61. The van der Waals surface area contributed by atoms with E-state index in [-0.39, 0.29) is 16.9 Å². The Morgan fingerprint density at radius 3 is 2.42 bits per heavy atom. The summed E-state index contributed by atoms with van der Waals surface area (Å²) in [4.78, 5) is 12.0. The molecule has 0 aliphatic heterocycles. The van der Waals surface area contributed by atoms with Crippen LogP contribution in [-0.2, 0) is 0 Å². The zero-order valence-electron chi connectivity index (χ0n) is 10.2. The van der Waals surface area contributed by atoms with Gasteiger partial charge in [0.25, 0.3) is 5.91 Å². The van der Waals surface area contributed by atoms with Crippen LogP contribution in [0.3, 0.4) is 0 Å². The molecule has 0 saturated carbocycles. The third kappa shape index (κ3) is 2.54. The van der Waals surface area contributed by atoms with Gasteiger partial charge in [0.1, 0.15) is 11.6 Å². The first-order chi connectivity index (χ1) is 9.00. The van der Waals surface area contributed by atoms with E-state index in [9.17, 15) is 13.6 Å². The molecule has 0 aromatic heterocycles. The van der Waals surface area contributed by atoms with Gasteiger partial charge in [-0.1, -0.05) is 18.2 Å². The van der Waals surface area contributed by atoms with Crippen molar-refractivity contribution in [3.63, 3.8) is 0 Å². The van der Waals surface area contributed by atoms with Gasteiger partial charge < -0.3 is 11.1 Å². The third-order valence-electron chi connectivity index (χ3n) is 2.76. The number of hydrogen-bond donors (Lipinski definition) is 2. The van der Waals surface area contributed by atoms with Crippen molar-refractivity contribution in [3.8, 4) is 0 Å². The maximum atomic E-state index is 13.6. The smallest absolute Gasteiger partial charge is 0.257 e. The molecule has 3 nitrogen and oxygen atoms in total. The molecule has 5 heteroatoms. The van der Waals surface area contributed by atoms with Crippen LogP contribution in [0.5, 0.6) is 0 Å². The van der Waals surface area contributed by atoms with Gasteiger partial charge in [-0.25, -0.2) is 8.78 Å². The molecule has 0 unspecified atom stereocenters. The maximum absolute atomic E-state index is 13.6. The molecule has 0 fully saturated rings. The summed E-state index contributed by atoms with van der Waals surface area (Å²) >= 11 is 0. The van der Waals surface area contributed by atoms with Gasteiger partial charge in [-0.3, -0.25) is 4.79 Å². The summed E-state index contributed by atoms with van der Waals surface area (Å²) in [6, 6.07) is 8.33. The van der Waals surface area contributed by atoms with Gasteiger partial charge in [0, 0.05) is 0 Å². The Labute approximate surface area is 109 Å². The van der Waals surface area contributed by atoms with Crippen LogP contribution in [0.4, 0.5) is 20.2 Å². The van der Waals surface area contributed by atoms with Crippen LogP contribution in [0.1, 0.15) is 15.9 Å². The molecule has 0 atom stereocenters. The summed E-state index contributed by atoms with van der Waals surface area (Å²) in [7, 11) is 0. The molecule has 1 amide bonds. The van der Waals surface area contributed by atoms with Gasteiger partial charge in [0.2, 0.25) is 0 Å². The quantitative estimate of drug-likeness (QED) is 0.817. The first kappa shape index (κ1) is 13.0. The van der Waals surface area contributed by atoms with Crippen LogP contribution in [0.25, 0.3) is 0 Å². The number of rotatable bonds is 2. The molecule has 0 aliphatic carbocycles. The van der Waals surface area contributed by atoms with E-state index in [1.165, 1.54) is 24.3 Å². The van der Waals surface area contributed by atoms with E-state index in [2.05, 4.69) is 5.32 Å². The highest BCUT2D eigenvalue weighted by atomic mass is 19.1. The lowest BCUT2D eigenvalue weighted by Gasteiger charge is -2.11. The van der Waals surface area contributed by atoms with Crippen molar-refractivity contribution in [1.82, 2.24) is 0 Å². The van der Waals surface area contributed by atoms with Crippen LogP contribution < -0.4 is 11.1 Å². The fraction of sp³-hybridized carbons (Fsp3) is 0.0714. The zero-order valence-corrected chi connectivity index (χ0v) is 10.2. The highest BCUT2D eigenvalue weighted by Crippen LogP contribution is 2.22. The number of nitrogens with one attached hydrogen (secondary N) is 1. The van der Waals surface area contributed by atoms with Gasteiger partial charge in [-0.05, 0) is 30.7 Å². The third-order valence-corrected chi connectivity index (χ3v) is 2.76. The highest BCUT2D eigenvalue weighted by Gasteiger charge is 2.15. The van der Waals surface area contributed by atoms with Crippen LogP contribution in [-0.4, -0.2) is 5.91 Å². The van der Waals surface area contributed by atoms with Gasteiger partial charge >= 0.3 is 0 Å². The Balaban J connectivity index is 2.34. The minimum absolute atomic E-state index is 0.0253. The van der Waals surface area contributed by atoms with Crippen LogP contribution >= 0.6 is 0 Å². The lowest BCUT2D eigenvalue weighted by atomic mass is 10.1. The van der Waals surface area contributed by atoms with E-state index in [4.69, 9.17) is 5.73 Å². The largest absolute Gasteiger partial charge is 0.396 e. The monoisotopic (exact) mass is 262 g/mol. The Kier molecular flexibility index (Phi) is 3.46. The fourth-order valence-electron chi connectivity index (χ4n) is 1.71. The molecular formula is C14H12F2N2O. The summed E-state index contributed by atoms with van der Waals surface area (Å²) in [6.07, 6.45) is 0. The minimum atomic E-state index is -0.682. The van der Waals surface area contributed by atoms with Crippen molar-refractivity contribution in [2.24, 2.45) is 0 Å². The maximum Gasteiger partial charge on any atom is 0.257 e. The van der Waals surface area contributed by atoms with Crippen molar-refractivity contribution in [1.29, 1.82) is 0 Å². The summed E-state index contributed by atoms with van der Waals surface area (Å²) in [5.41, 5.74) is 5.84. The standard InChI is InChI=1S/C14H12F2N2O/c1-8-4-2-7-11(16)13(8)18-14(19)9-5-3-6-10(15)12(9)17/h2-7H,17H2,1H3,(H,18,19). The Morgan fingerprint density at radius 2 is 1.74 bits per heavy atom. The molecule has 2 aromatic rings. The molecule has 0 heterocycles. The van der Waals surface area contributed by atoms with Gasteiger partial charge in [0.15, 0.2) is 0 Å². The summed E-state index contributed by atoms with van der Waals surface area (Å²) in [5, 5.41) is 2.40. The van der Waals surface area contributed by atoms with Crippen LogP contribution in [0.15, 0.2) is 36.4 Å². The molecule has 98 valence electrons. The number of carbonyl (C=O) groups is 1. The summed E-state index contributed by atoms with van der Waals surface area (Å²) in [6.45, 7) is 1.66. The molecule has 0 spiro atoms. The van der Waals surface area contributed by atoms with E-state index in [1.807, 2.05) is 0 Å². The van der Waals surface area contributed by atoms with E-state index in [0.29, 0.717) is 5.56 Å². The second-order valence-corrected chi connectivity index (χ2v) is 4.09. The number of nitrogen functional groups attached to an aromatic ring is 1. The number of aryl methyl sites for hydroxylation is 1. The molecule has 0 bridgehead atoms. The second kappa shape index (κ2) is 5.06. The number of amides is 1. The molecule has 0 saturated heterocycles. The number of hydrogen-bond acceptors (Lipinski definition) is 2. The predicted molar refractivity (Wildman–Crippen MR) is 69.9 cm³/mol. The number of benzene rings is 2. The van der Waals surface area contributed by atoms with E-state index >= 15 is 0 Å². The zero-order chi connectivity index (χ0) is 14.0. The molecule has 0 radical (unpaired) electrons. The first-order valence-electron chi connectivity index (χ1n) is 5.61. The minimum Gasteiger partial charge on any atom is -0.396 e. The Hall–Kier alpha value is -2.43. The van der Waals surface area contributed by atoms with Crippen molar-refractivity contribution < 1.29 is 13.6 Å². The van der Waals surface area contributed by atoms with E-state index in [1.54, 1.807) is 13.0 Å². The normalized spacial score (nSPS) is 10.3. The SMILES string of the molecule is Cc1cccc(F)c1NC(=O)c1cccc(F)c1N. The van der Waals surface area contributed by atoms with Crippen molar-refractivity contribution in [2.75, 3.05) is 11.1 Å². The van der Waals surface area contributed by atoms with Gasteiger partial charge in [0.05, 0.1) is 16.9 Å². The van der Waals surface area contributed by atoms with Crippen LogP contribution in [0.2, 0.25) is 0 Å². The van der Waals surface area contributed by atoms with E-state index in [0.717, 1.165) is 6.07 Å². The predicted octanol–water partition coefficient (Wildman–Crippen LogP) is 3.11. The number of carbonyl (C=O) groups excluding carboxylic acids is 1. The molecule has 0 aliphatic rings. The molecule has 3 N–H and O–H groups in total. The lowest BCUT2D eigenvalue weighted by Crippen LogP contribution is -2.16. The second-order valence-electron chi connectivity index (χ2n) is 4.09. The summed E-state index contributed by atoms with van der Waals surface area (Å²) in [5.74, 6) is -1.88. The molecule has 19 heavy (non-hydrogen) atoms. The molecule has 2 rings (SSSR count). The lowest BCUT2D eigenvalue weighted by molar-refractivity contribution is 0.102. The van der Waals surface area contributed by atoms with Crippen molar-refractivity contribution in [2.45, 2.75) is 6.92 Å². The number of nitrogens with two attached hydrogens (primary N) is 1. The summed E-state index contributed by atoms with van der Waals surface area (Å²) < 4.78 is 26.8. The number of anilines is 2. The average Bonchev–Trinajstić information content (AvgIpc) is 2.37. The van der Waals surface area contributed by atoms with Crippen molar-refractivity contribution in [3.05, 3.63) is 59.2 Å². The van der Waals surface area contributed by atoms with Gasteiger partial charge in [-0.2, -0.15) is 0 Å². The topological polar surface area (TPSA) is 55.1 Å². The number of para-hydroxylation sites is 2. The van der Waals surface area contributed by atoms with Crippen LogP contribution in [0, 0.1) is 18.6 Å². The average molecular weight is 262 g/mol. The molecular weight excluding hydrogens is 250 g/mol. The van der Waals surface area contributed by atoms with Crippen molar-refractivity contribution >= 4 is 17.3 Å². The molecule has 2 aromatic carbocycles. The number of halogens is 2.